The van der Waals surface area contributed by atoms with E-state index in [4.69, 9.17) is 10.6 Å². The van der Waals surface area contributed by atoms with E-state index >= 15 is 0 Å². The maximum atomic E-state index is 12.0. The van der Waals surface area contributed by atoms with E-state index in [0.29, 0.717) is 31.9 Å². The van der Waals surface area contributed by atoms with Crippen molar-refractivity contribution in [1.29, 1.82) is 0 Å². The molecule has 1 amide bonds. The molecule has 0 heterocycles. The van der Waals surface area contributed by atoms with Gasteiger partial charge in [0.25, 0.3) is 5.91 Å². The molecule has 1 rings (SSSR count). The van der Waals surface area contributed by atoms with Crippen LogP contribution in [0.4, 0.5) is 0 Å². The largest absolute Gasteiger partial charge is 0.480 e. The number of nitrogens with zero attached hydrogens (tertiary/aromatic N) is 2. The number of carbonyl (C=O) groups excluding carboxylic acids is 2. The molecular formula is C13H19N3O5. The fourth-order valence-corrected chi connectivity index (χ4v) is 2.33. The van der Waals surface area contributed by atoms with Gasteiger partial charge in [-0.15, -0.1) is 0 Å². The SMILES string of the molecule is [N-]=[N+]=CC(=O)CCC(NC(=O)C1(O)CCCCC1)C(=O)O. The lowest BCUT2D eigenvalue weighted by atomic mass is 9.84. The van der Waals surface area contributed by atoms with Crippen molar-refractivity contribution in [3.05, 3.63) is 5.53 Å². The van der Waals surface area contributed by atoms with Crippen LogP contribution in [0.3, 0.4) is 0 Å². The fraction of sp³-hybridized carbons (Fsp3) is 0.692. The summed E-state index contributed by atoms with van der Waals surface area (Å²) in [5.41, 5.74) is 6.66. The molecule has 1 aliphatic rings. The first-order chi connectivity index (χ1) is 9.89. The minimum Gasteiger partial charge on any atom is -0.480 e. The molecule has 3 N–H and O–H groups in total. The maximum absolute atomic E-state index is 12.0. The number of carboxylic acid groups (broad SMARTS) is 1. The van der Waals surface area contributed by atoms with E-state index in [2.05, 4.69) is 10.1 Å². The number of hydrogen-bond donors (Lipinski definition) is 3. The van der Waals surface area contributed by atoms with Gasteiger partial charge in [-0.1, -0.05) is 19.3 Å². The van der Waals surface area contributed by atoms with Crippen LogP contribution in [-0.2, 0) is 14.4 Å². The van der Waals surface area contributed by atoms with Crippen LogP contribution in [0.5, 0.6) is 0 Å². The zero-order valence-corrected chi connectivity index (χ0v) is 11.6. The molecule has 0 aromatic heterocycles. The third kappa shape index (κ3) is 5.09. The van der Waals surface area contributed by atoms with Gasteiger partial charge in [-0.2, -0.15) is 4.79 Å². The van der Waals surface area contributed by atoms with Crippen molar-refractivity contribution in [3.8, 4) is 0 Å². The molecule has 1 fully saturated rings. The van der Waals surface area contributed by atoms with Gasteiger partial charge in [-0.05, 0) is 19.3 Å². The van der Waals surface area contributed by atoms with Crippen molar-refractivity contribution in [2.75, 3.05) is 0 Å². The molecule has 21 heavy (non-hydrogen) atoms. The van der Waals surface area contributed by atoms with Crippen LogP contribution in [0, 0.1) is 0 Å². The van der Waals surface area contributed by atoms with E-state index in [1.807, 2.05) is 0 Å². The molecule has 0 aromatic rings. The van der Waals surface area contributed by atoms with Crippen LogP contribution >= 0.6 is 0 Å². The van der Waals surface area contributed by atoms with Gasteiger partial charge >= 0.3 is 12.2 Å². The first-order valence-electron chi connectivity index (χ1n) is 6.85. The van der Waals surface area contributed by atoms with Gasteiger partial charge in [0.05, 0.1) is 0 Å². The van der Waals surface area contributed by atoms with Gasteiger partial charge in [0, 0.05) is 6.42 Å². The van der Waals surface area contributed by atoms with E-state index in [-0.39, 0.29) is 12.8 Å². The van der Waals surface area contributed by atoms with Gasteiger partial charge in [0.1, 0.15) is 11.6 Å². The van der Waals surface area contributed by atoms with Gasteiger partial charge in [0.15, 0.2) is 0 Å². The number of nitrogens with one attached hydrogen (secondary N) is 1. The summed E-state index contributed by atoms with van der Waals surface area (Å²) < 4.78 is 0. The molecule has 8 nitrogen and oxygen atoms in total. The van der Waals surface area contributed by atoms with Crippen molar-refractivity contribution in [2.24, 2.45) is 0 Å². The quantitative estimate of drug-likeness (QED) is 0.342. The Balaban J connectivity index is 2.61. The molecule has 0 saturated heterocycles. The predicted molar refractivity (Wildman–Crippen MR) is 71.5 cm³/mol. The number of hydrogen-bond acceptors (Lipinski definition) is 4. The van der Waals surface area contributed by atoms with E-state index in [9.17, 15) is 19.5 Å². The van der Waals surface area contributed by atoms with Crippen LogP contribution in [0.2, 0.25) is 0 Å². The molecule has 1 unspecified atom stereocenters. The molecule has 0 radical (unpaired) electrons. The number of carbonyl (C=O) groups is 3. The Hall–Kier alpha value is -2.05. The third-order valence-electron chi connectivity index (χ3n) is 3.59. The minimum absolute atomic E-state index is 0.137. The van der Waals surface area contributed by atoms with E-state index in [1.165, 1.54) is 0 Å². The van der Waals surface area contributed by atoms with Crippen LogP contribution < -0.4 is 5.32 Å². The zero-order valence-electron chi connectivity index (χ0n) is 11.6. The molecule has 0 aliphatic heterocycles. The van der Waals surface area contributed by atoms with Gasteiger partial charge < -0.3 is 21.1 Å². The van der Waals surface area contributed by atoms with Crippen molar-refractivity contribution in [1.82, 2.24) is 5.32 Å². The highest BCUT2D eigenvalue weighted by Gasteiger charge is 2.38. The zero-order chi connectivity index (χ0) is 15.9. The highest BCUT2D eigenvalue weighted by Crippen LogP contribution is 2.28. The third-order valence-corrected chi connectivity index (χ3v) is 3.59. The summed E-state index contributed by atoms with van der Waals surface area (Å²) in [6, 6.07) is -1.26. The second-order valence-corrected chi connectivity index (χ2v) is 5.21. The molecular weight excluding hydrogens is 278 g/mol. The second-order valence-electron chi connectivity index (χ2n) is 5.21. The number of Topliss-reactive ketones (excluding diaryl/α,β-unsaturated/α-hetero) is 1. The lowest BCUT2D eigenvalue weighted by molar-refractivity contribution is -0.149. The predicted octanol–water partition coefficient (Wildman–Crippen LogP) is -0.0991. The average molecular weight is 297 g/mol. The van der Waals surface area contributed by atoms with Crippen molar-refractivity contribution in [2.45, 2.75) is 56.6 Å². The number of ketones is 1. The summed E-state index contributed by atoms with van der Waals surface area (Å²) in [5, 5.41) is 21.5. The summed E-state index contributed by atoms with van der Waals surface area (Å²) in [6.45, 7) is 0. The van der Waals surface area contributed by atoms with E-state index < -0.39 is 29.3 Å². The van der Waals surface area contributed by atoms with Gasteiger partial charge in [-0.3, -0.25) is 9.59 Å². The number of aliphatic hydroxyl groups is 1. The fourth-order valence-electron chi connectivity index (χ4n) is 2.33. The van der Waals surface area contributed by atoms with Crippen molar-refractivity contribution in [3.63, 3.8) is 0 Å². The maximum Gasteiger partial charge on any atom is 0.326 e. The normalized spacial score (nSPS) is 18.1. The van der Waals surface area contributed by atoms with E-state index in [1.54, 1.807) is 0 Å². The van der Waals surface area contributed by atoms with Crippen molar-refractivity contribution >= 4 is 23.9 Å². The highest BCUT2D eigenvalue weighted by molar-refractivity contribution is 6.25. The average Bonchev–Trinajstić information content (AvgIpc) is 2.43. The molecule has 116 valence electrons. The molecule has 0 aromatic carbocycles. The van der Waals surface area contributed by atoms with Crippen molar-refractivity contribution < 1.29 is 29.4 Å². The minimum atomic E-state index is -1.53. The monoisotopic (exact) mass is 297 g/mol. The Labute approximate surface area is 121 Å². The number of rotatable bonds is 7. The first kappa shape index (κ1) is 17.0. The molecule has 1 saturated carbocycles. The highest BCUT2D eigenvalue weighted by atomic mass is 16.4. The summed E-state index contributed by atoms with van der Waals surface area (Å²) in [7, 11) is 0. The molecule has 1 atom stereocenters. The summed E-state index contributed by atoms with van der Waals surface area (Å²) in [6.07, 6.45) is 3.34. The van der Waals surface area contributed by atoms with Crippen LogP contribution in [0.1, 0.15) is 44.9 Å². The van der Waals surface area contributed by atoms with Gasteiger partial charge in [0.2, 0.25) is 5.78 Å². The van der Waals surface area contributed by atoms with Crippen LogP contribution in [0.15, 0.2) is 0 Å². The van der Waals surface area contributed by atoms with Gasteiger partial charge in [-0.25, -0.2) is 4.79 Å². The first-order valence-corrected chi connectivity index (χ1v) is 6.85. The number of amides is 1. The number of carboxylic acids is 1. The summed E-state index contributed by atoms with van der Waals surface area (Å²) in [4.78, 5) is 36.8. The standard InChI is InChI=1S/C13H19N3O5/c14-15-8-9(17)4-5-10(11(18)19)16-12(20)13(21)6-2-1-3-7-13/h8,10,21H,1-7H2,(H,16,20)(H,18,19). The molecule has 0 bridgehead atoms. The van der Waals surface area contributed by atoms with Crippen LogP contribution in [-0.4, -0.2) is 50.5 Å². The Morgan fingerprint density at radius 1 is 1.29 bits per heavy atom. The molecule has 1 aliphatic carbocycles. The summed E-state index contributed by atoms with van der Waals surface area (Å²) >= 11 is 0. The van der Waals surface area contributed by atoms with E-state index in [0.717, 1.165) is 6.42 Å². The molecule has 0 spiro atoms. The Morgan fingerprint density at radius 2 is 1.90 bits per heavy atom. The lowest BCUT2D eigenvalue weighted by Crippen LogP contribution is -2.53. The Bertz CT molecular complexity index is 464. The van der Waals surface area contributed by atoms with Crippen LogP contribution in [0.25, 0.3) is 5.53 Å². The summed E-state index contributed by atoms with van der Waals surface area (Å²) in [5.74, 6) is -2.54. The lowest BCUT2D eigenvalue weighted by Gasteiger charge is -2.31. The Morgan fingerprint density at radius 3 is 2.43 bits per heavy atom. The Kier molecular flexibility index (Phi) is 6.20. The number of aliphatic carboxylic acids is 1. The second kappa shape index (κ2) is 7.66. The smallest absolute Gasteiger partial charge is 0.326 e. The molecule has 8 heteroatoms. The topological polar surface area (TPSA) is 140 Å².